The maximum Gasteiger partial charge on any atom is 0.156 e. The molecular formula is C17H14FN5O. The van der Waals surface area contributed by atoms with Crippen LogP contribution in [0.3, 0.4) is 0 Å². The van der Waals surface area contributed by atoms with Crippen LogP contribution in [0.25, 0.3) is 0 Å². The summed E-state index contributed by atoms with van der Waals surface area (Å²) in [6.45, 7) is 0.512. The highest BCUT2D eigenvalue weighted by Crippen LogP contribution is 2.33. The van der Waals surface area contributed by atoms with Crippen molar-refractivity contribution in [2.45, 2.75) is 0 Å². The largest absolute Gasteiger partial charge is 0.456 e. The van der Waals surface area contributed by atoms with Gasteiger partial charge in [-0.15, -0.1) is 0 Å². The van der Waals surface area contributed by atoms with Gasteiger partial charge in [0.15, 0.2) is 5.82 Å². The number of pyridine rings is 1. The molecule has 0 saturated heterocycles. The fourth-order valence-electron chi connectivity index (χ4n) is 2.57. The molecule has 3 heterocycles. The van der Waals surface area contributed by atoms with Gasteiger partial charge in [-0.1, -0.05) is 0 Å². The van der Waals surface area contributed by atoms with Gasteiger partial charge >= 0.3 is 0 Å². The van der Waals surface area contributed by atoms with E-state index < -0.39 is 5.82 Å². The normalized spacial score (nSPS) is 13.0. The number of aromatic nitrogens is 3. The average Bonchev–Trinajstić information content (AvgIpc) is 3.00. The van der Waals surface area contributed by atoms with E-state index in [9.17, 15) is 4.39 Å². The Kier molecular flexibility index (Phi) is 3.45. The van der Waals surface area contributed by atoms with Gasteiger partial charge < -0.3 is 9.64 Å². The van der Waals surface area contributed by atoms with Crippen LogP contribution in [0, 0.1) is 5.82 Å². The fourth-order valence-corrected chi connectivity index (χ4v) is 2.57. The quantitative estimate of drug-likeness (QED) is 0.742. The number of ether oxygens (including phenoxy) is 1. The van der Waals surface area contributed by atoms with Crippen molar-refractivity contribution in [1.82, 2.24) is 14.8 Å². The van der Waals surface area contributed by atoms with Gasteiger partial charge in [-0.3, -0.25) is 14.7 Å². The molecule has 0 fully saturated rings. The molecular weight excluding hydrogens is 309 g/mol. The fraction of sp³-hybridized carbons (Fsp3) is 0.118. The Morgan fingerprint density at radius 1 is 1.12 bits per heavy atom. The van der Waals surface area contributed by atoms with Crippen molar-refractivity contribution in [2.75, 3.05) is 11.6 Å². The van der Waals surface area contributed by atoms with Crippen LogP contribution in [-0.4, -0.2) is 27.6 Å². The number of fused-ring (bicyclic) bond motifs is 1. The van der Waals surface area contributed by atoms with Crippen molar-refractivity contribution in [3.05, 3.63) is 60.3 Å². The van der Waals surface area contributed by atoms with Crippen molar-refractivity contribution < 1.29 is 9.13 Å². The summed E-state index contributed by atoms with van der Waals surface area (Å²) in [6, 6.07) is 8.86. The van der Waals surface area contributed by atoms with Gasteiger partial charge in [-0.25, -0.2) is 4.39 Å². The smallest absolute Gasteiger partial charge is 0.156 e. The molecule has 24 heavy (non-hydrogen) atoms. The Hall–Kier alpha value is -3.22. The second-order valence-corrected chi connectivity index (χ2v) is 5.39. The van der Waals surface area contributed by atoms with Crippen LogP contribution in [0.15, 0.2) is 53.9 Å². The van der Waals surface area contributed by atoms with Crippen molar-refractivity contribution in [2.24, 2.45) is 12.0 Å². The summed E-state index contributed by atoms with van der Waals surface area (Å²) < 4.78 is 20.6. The van der Waals surface area contributed by atoms with Crippen molar-refractivity contribution in [1.29, 1.82) is 0 Å². The maximum absolute atomic E-state index is 13.2. The first-order valence-corrected chi connectivity index (χ1v) is 7.38. The number of aryl methyl sites for hydroxylation is 1. The van der Waals surface area contributed by atoms with Crippen LogP contribution in [0.4, 0.5) is 15.9 Å². The second kappa shape index (κ2) is 5.77. The Morgan fingerprint density at radius 3 is 2.83 bits per heavy atom. The maximum atomic E-state index is 13.2. The average molecular weight is 323 g/mol. The highest BCUT2D eigenvalue weighted by molar-refractivity contribution is 5.92. The molecule has 6 nitrogen and oxygen atoms in total. The standard InChI is InChI=1S/C17H14FN5O/c1-22-5-4-17(21-22)23-11-20-8-12-6-14(2-3-16(12)23)24-15-7-13(18)9-19-10-15/h2-10H,11H2,1H3. The molecule has 0 saturated carbocycles. The summed E-state index contributed by atoms with van der Waals surface area (Å²) >= 11 is 0. The van der Waals surface area contributed by atoms with Crippen LogP contribution in [0.1, 0.15) is 5.56 Å². The third kappa shape index (κ3) is 2.71. The molecule has 0 N–H and O–H groups in total. The number of halogens is 1. The lowest BCUT2D eigenvalue weighted by Crippen LogP contribution is -2.22. The van der Waals surface area contributed by atoms with Crippen molar-refractivity contribution in [3.63, 3.8) is 0 Å². The minimum atomic E-state index is -0.437. The molecule has 0 unspecified atom stereocenters. The van der Waals surface area contributed by atoms with E-state index in [0.717, 1.165) is 23.3 Å². The first-order valence-electron chi connectivity index (χ1n) is 7.38. The number of nitrogens with zero attached hydrogens (tertiary/aromatic N) is 5. The molecule has 1 aliphatic rings. The molecule has 3 aromatic rings. The highest BCUT2D eigenvalue weighted by Gasteiger charge is 2.18. The summed E-state index contributed by atoms with van der Waals surface area (Å²) in [5.41, 5.74) is 1.90. The van der Waals surface area contributed by atoms with Crippen LogP contribution >= 0.6 is 0 Å². The van der Waals surface area contributed by atoms with E-state index in [1.165, 1.54) is 12.3 Å². The summed E-state index contributed by atoms with van der Waals surface area (Å²) in [7, 11) is 1.88. The lowest BCUT2D eigenvalue weighted by atomic mass is 10.1. The predicted molar refractivity (Wildman–Crippen MR) is 88.5 cm³/mol. The van der Waals surface area contributed by atoms with Gasteiger partial charge in [-0.2, -0.15) is 5.10 Å². The molecule has 0 aliphatic carbocycles. The molecule has 120 valence electrons. The molecule has 7 heteroatoms. The summed E-state index contributed by atoms with van der Waals surface area (Å²) in [4.78, 5) is 10.2. The van der Waals surface area contributed by atoms with E-state index in [1.54, 1.807) is 10.9 Å². The highest BCUT2D eigenvalue weighted by atomic mass is 19.1. The van der Waals surface area contributed by atoms with Crippen LogP contribution in [0.5, 0.6) is 11.5 Å². The summed E-state index contributed by atoms with van der Waals surface area (Å²) in [5.74, 6) is 1.34. The zero-order valence-corrected chi connectivity index (χ0v) is 12.9. The SMILES string of the molecule is Cn1ccc(N2CN=Cc3cc(Oc4cncc(F)c4)ccc32)n1. The number of anilines is 2. The Labute approximate surface area is 137 Å². The number of aliphatic imine (C=N–C) groups is 1. The molecule has 1 aromatic carbocycles. The Bertz CT molecular complexity index is 921. The first-order chi connectivity index (χ1) is 11.7. The zero-order chi connectivity index (χ0) is 16.5. The van der Waals surface area contributed by atoms with Crippen molar-refractivity contribution in [3.8, 4) is 11.5 Å². The number of hydrogen-bond acceptors (Lipinski definition) is 5. The number of hydrogen-bond donors (Lipinski definition) is 0. The molecule has 0 bridgehead atoms. The summed E-state index contributed by atoms with van der Waals surface area (Å²) in [5, 5.41) is 4.42. The Balaban J connectivity index is 1.64. The topological polar surface area (TPSA) is 55.5 Å². The van der Waals surface area contributed by atoms with E-state index in [-0.39, 0.29) is 0 Å². The van der Waals surface area contributed by atoms with E-state index in [4.69, 9.17) is 4.74 Å². The van der Waals surface area contributed by atoms with Gasteiger partial charge in [0, 0.05) is 37.2 Å². The van der Waals surface area contributed by atoms with Crippen LogP contribution in [0.2, 0.25) is 0 Å². The first kappa shape index (κ1) is 14.4. The minimum absolute atomic E-state index is 0.351. The van der Waals surface area contributed by atoms with Crippen LogP contribution in [-0.2, 0) is 7.05 Å². The lowest BCUT2D eigenvalue weighted by Gasteiger charge is -2.25. The second-order valence-electron chi connectivity index (χ2n) is 5.39. The Morgan fingerprint density at radius 2 is 2.04 bits per heavy atom. The van der Waals surface area contributed by atoms with Crippen molar-refractivity contribution >= 4 is 17.7 Å². The van der Waals surface area contributed by atoms with E-state index in [1.807, 2.05) is 42.4 Å². The van der Waals surface area contributed by atoms with Gasteiger partial charge in [0.25, 0.3) is 0 Å². The number of benzene rings is 1. The van der Waals surface area contributed by atoms with Gasteiger partial charge in [0.05, 0.1) is 18.1 Å². The molecule has 0 radical (unpaired) electrons. The summed E-state index contributed by atoms with van der Waals surface area (Å²) in [6.07, 6.45) is 6.29. The molecule has 2 aromatic heterocycles. The molecule has 1 aliphatic heterocycles. The van der Waals surface area contributed by atoms with Gasteiger partial charge in [0.1, 0.15) is 24.0 Å². The molecule has 0 spiro atoms. The molecule has 0 amide bonds. The molecule has 0 atom stereocenters. The number of rotatable bonds is 3. The zero-order valence-electron chi connectivity index (χ0n) is 12.9. The minimum Gasteiger partial charge on any atom is -0.456 e. The monoisotopic (exact) mass is 323 g/mol. The van der Waals surface area contributed by atoms with Gasteiger partial charge in [0.2, 0.25) is 0 Å². The third-order valence-electron chi connectivity index (χ3n) is 3.63. The lowest BCUT2D eigenvalue weighted by molar-refractivity contribution is 0.473. The van der Waals surface area contributed by atoms with E-state index >= 15 is 0 Å². The third-order valence-corrected chi connectivity index (χ3v) is 3.63. The molecule has 4 rings (SSSR count). The van der Waals surface area contributed by atoms with Gasteiger partial charge in [-0.05, 0) is 18.2 Å². The van der Waals surface area contributed by atoms with E-state index in [2.05, 4.69) is 15.1 Å². The predicted octanol–water partition coefficient (Wildman–Crippen LogP) is 3.27. The van der Waals surface area contributed by atoms with E-state index in [0.29, 0.717) is 18.2 Å². The van der Waals surface area contributed by atoms with Crippen LogP contribution < -0.4 is 9.64 Å².